The second-order valence-corrected chi connectivity index (χ2v) is 4.74. The molecule has 0 saturated heterocycles. The summed E-state index contributed by atoms with van der Waals surface area (Å²) in [5, 5.41) is 13.2. The Kier molecular flexibility index (Phi) is 5.47. The summed E-state index contributed by atoms with van der Waals surface area (Å²) in [6, 6.07) is 17.2. The normalized spacial score (nSPS) is 12.1. The third kappa shape index (κ3) is 4.30. The van der Waals surface area contributed by atoms with E-state index in [1.54, 1.807) is 0 Å². The van der Waals surface area contributed by atoms with E-state index in [-0.39, 0.29) is 0 Å². The van der Waals surface area contributed by atoms with Gasteiger partial charge in [0.2, 0.25) is 0 Å². The number of aliphatic hydroxyl groups is 1. The number of rotatable bonds is 7. The SMILES string of the molecule is O=Cc1ccc(CCNC[C@H](O)c2ccccc2)cc1. The summed E-state index contributed by atoms with van der Waals surface area (Å²) in [6.45, 7) is 1.33. The minimum atomic E-state index is -0.478. The lowest BCUT2D eigenvalue weighted by Gasteiger charge is -2.12. The van der Waals surface area contributed by atoms with Crippen molar-refractivity contribution in [2.24, 2.45) is 0 Å². The van der Waals surface area contributed by atoms with E-state index in [2.05, 4.69) is 5.32 Å². The van der Waals surface area contributed by atoms with Crippen LogP contribution in [0.5, 0.6) is 0 Å². The predicted molar refractivity (Wildman–Crippen MR) is 79.8 cm³/mol. The number of hydrogen-bond donors (Lipinski definition) is 2. The van der Waals surface area contributed by atoms with Crippen molar-refractivity contribution in [2.75, 3.05) is 13.1 Å². The molecule has 0 aliphatic rings. The van der Waals surface area contributed by atoms with Crippen LogP contribution in [0.25, 0.3) is 0 Å². The molecule has 0 unspecified atom stereocenters. The standard InChI is InChI=1S/C17H19NO2/c19-13-15-8-6-14(7-9-15)10-11-18-12-17(20)16-4-2-1-3-5-16/h1-9,13,17-18,20H,10-12H2/t17-/m0/s1. The minimum absolute atomic E-state index is 0.478. The van der Waals surface area contributed by atoms with Gasteiger partial charge in [-0.05, 0) is 24.1 Å². The van der Waals surface area contributed by atoms with Crippen LogP contribution in [0, 0.1) is 0 Å². The molecule has 0 aromatic heterocycles. The molecule has 2 N–H and O–H groups in total. The van der Waals surface area contributed by atoms with E-state index < -0.39 is 6.10 Å². The summed E-state index contributed by atoms with van der Waals surface area (Å²) in [5.74, 6) is 0. The first kappa shape index (κ1) is 14.4. The average molecular weight is 269 g/mol. The zero-order valence-electron chi connectivity index (χ0n) is 11.3. The Labute approximate surface area is 119 Å². The Hall–Kier alpha value is -1.97. The number of aldehydes is 1. The van der Waals surface area contributed by atoms with Gasteiger partial charge in [0.05, 0.1) is 6.10 Å². The van der Waals surface area contributed by atoms with Crippen molar-refractivity contribution >= 4 is 6.29 Å². The maximum atomic E-state index is 10.5. The number of aliphatic hydroxyl groups excluding tert-OH is 1. The van der Waals surface area contributed by atoms with Gasteiger partial charge >= 0.3 is 0 Å². The molecular formula is C17H19NO2. The summed E-state index contributed by atoms with van der Waals surface area (Å²) in [7, 11) is 0. The summed E-state index contributed by atoms with van der Waals surface area (Å²) < 4.78 is 0. The quantitative estimate of drug-likeness (QED) is 0.599. The Morgan fingerprint density at radius 1 is 1.05 bits per heavy atom. The molecule has 0 aliphatic heterocycles. The van der Waals surface area contributed by atoms with Crippen molar-refractivity contribution < 1.29 is 9.90 Å². The molecule has 2 aromatic rings. The van der Waals surface area contributed by atoms with Crippen molar-refractivity contribution in [2.45, 2.75) is 12.5 Å². The fourth-order valence-electron chi connectivity index (χ4n) is 2.03. The number of hydrogen-bond acceptors (Lipinski definition) is 3. The van der Waals surface area contributed by atoms with Crippen LogP contribution in [-0.2, 0) is 6.42 Å². The number of nitrogens with one attached hydrogen (secondary N) is 1. The molecular weight excluding hydrogens is 250 g/mol. The van der Waals surface area contributed by atoms with E-state index in [0.717, 1.165) is 24.8 Å². The average Bonchev–Trinajstić information content (AvgIpc) is 2.53. The zero-order valence-corrected chi connectivity index (χ0v) is 11.3. The van der Waals surface area contributed by atoms with Gasteiger partial charge in [0.25, 0.3) is 0 Å². The highest BCUT2D eigenvalue weighted by Gasteiger charge is 2.05. The number of carbonyl (C=O) groups excluding carboxylic acids is 1. The van der Waals surface area contributed by atoms with Gasteiger partial charge in [-0.1, -0.05) is 54.6 Å². The second-order valence-electron chi connectivity index (χ2n) is 4.74. The van der Waals surface area contributed by atoms with Gasteiger partial charge in [-0.2, -0.15) is 0 Å². The molecule has 0 saturated carbocycles. The smallest absolute Gasteiger partial charge is 0.150 e. The topological polar surface area (TPSA) is 49.3 Å². The monoisotopic (exact) mass is 269 g/mol. The maximum absolute atomic E-state index is 10.5. The molecule has 3 nitrogen and oxygen atoms in total. The third-order valence-electron chi connectivity index (χ3n) is 3.23. The fourth-order valence-corrected chi connectivity index (χ4v) is 2.03. The van der Waals surface area contributed by atoms with Crippen LogP contribution in [0.3, 0.4) is 0 Å². The third-order valence-corrected chi connectivity index (χ3v) is 3.23. The lowest BCUT2D eigenvalue weighted by molar-refractivity contribution is 0.112. The van der Waals surface area contributed by atoms with E-state index in [1.807, 2.05) is 54.6 Å². The highest BCUT2D eigenvalue weighted by molar-refractivity contribution is 5.74. The Morgan fingerprint density at radius 2 is 1.75 bits per heavy atom. The molecule has 0 heterocycles. The molecule has 0 radical (unpaired) electrons. The van der Waals surface area contributed by atoms with Crippen LogP contribution in [0.15, 0.2) is 54.6 Å². The molecule has 1 atom stereocenters. The fraction of sp³-hybridized carbons (Fsp3) is 0.235. The van der Waals surface area contributed by atoms with E-state index in [4.69, 9.17) is 0 Å². The van der Waals surface area contributed by atoms with Gasteiger partial charge in [-0.15, -0.1) is 0 Å². The van der Waals surface area contributed by atoms with Crippen LogP contribution in [0.1, 0.15) is 27.6 Å². The lowest BCUT2D eigenvalue weighted by atomic mass is 10.1. The van der Waals surface area contributed by atoms with Gasteiger partial charge in [0.15, 0.2) is 0 Å². The van der Waals surface area contributed by atoms with Gasteiger partial charge in [0, 0.05) is 12.1 Å². The van der Waals surface area contributed by atoms with Crippen molar-refractivity contribution in [1.29, 1.82) is 0 Å². The largest absolute Gasteiger partial charge is 0.387 e. The zero-order chi connectivity index (χ0) is 14.2. The van der Waals surface area contributed by atoms with Crippen molar-refractivity contribution in [1.82, 2.24) is 5.32 Å². The lowest BCUT2D eigenvalue weighted by Crippen LogP contribution is -2.23. The van der Waals surface area contributed by atoms with Crippen LogP contribution in [0.2, 0.25) is 0 Å². The highest BCUT2D eigenvalue weighted by atomic mass is 16.3. The van der Waals surface area contributed by atoms with E-state index in [0.29, 0.717) is 12.1 Å². The molecule has 20 heavy (non-hydrogen) atoms. The molecule has 2 aromatic carbocycles. The molecule has 0 spiro atoms. The van der Waals surface area contributed by atoms with E-state index in [1.165, 1.54) is 5.56 Å². The van der Waals surface area contributed by atoms with Gasteiger partial charge in [-0.3, -0.25) is 4.79 Å². The number of benzene rings is 2. The van der Waals surface area contributed by atoms with Crippen LogP contribution in [-0.4, -0.2) is 24.5 Å². The first-order valence-electron chi connectivity index (χ1n) is 6.77. The van der Waals surface area contributed by atoms with Crippen molar-refractivity contribution in [3.8, 4) is 0 Å². The van der Waals surface area contributed by atoms with Crippen molar-refractivity contribution in [3.05, 3.63) is 71.3 Å². The van der Waals surface area contributed by atoms with Crippen LogP contribution in [0.4, 0.5) is 0 Å². The Bertz CT molecular complexity index is 522. The van der Waals surface area contributed by atoms with Crippen LogP contribution < -0.4 is 5.32 Å². The van der Waals surface area contributed by atoms with Crippen molar-refractivity contribution in [3.63, 3.8) is 0 Å². The molecule has 0 aliphatic carbocycles. The maximum Gasteiger partial charge on any atom is 0.150 e. The molecule has 0 fully saturated rings. The van der Waals surface area contributed by atoms with E-state index in [9.17, 15) is 9.90 Å². The molecule has 0 bridgehead atoms. The van der Waals surface area contributed by atoms with Gasteiger partial charge in [-0.25, -0.2) is 0 Å². The Morgan fingerprint density at radius 3 is 2.40 bits per heavy atom. The summed E-state index contributed by atoms with van der Waals surface area (Å²) in [4.78, 5) is 10.5. The van der Waals surface area contributed by atoms with Gasteiger partial charge < -0.3 is 10.4 Å². The summed E-state index contributed by atoms with van der Waals surface area (Å²) in [6.07, 6.45) is 1.24. The number of carbonyl (C=O) groups is 1. The molecule has 0 amide bonds. The second kappa shape index (κ2) is 7.58. The molecule has 104 valence electrons. The first-order valence-corrected chi connectivity index (χ1v) is 6.77. The van der Waals surface area contributed by atoms with Gasteiger partial charge in [0.1, 0.15) is 6.29 Å². The summed E-state index contributed by atoms with van der Waals surface area (Å²) in [5.41, 5.74) is 2.80. The molecule has 3 heteroatoms. The summed E-state index contributed by atoms with van der Waals surface area (Å²) >= 11 is 0. The highest BCUT2D eigenvalue weighted by Crippen LogP contribution is 2.10. The predicted octanol–water partition coefficient (Wildman–Crippen LogP) is 2.36. The first-order chi connectivity index (χ1) is 9.79. The minimum Gasteiger partial charge on any atom is -0.387 e. The van der Waals surface area contributed by atoms with E-state index >= 15 is 0 Å². The molecule has 2 rings (SSSR count). The van der Waals surface area contributed by atoms with Crippen LogP contribution >= 0.6 is 0 Å². The Balaban J connectivity index is 1.72.